The van der Waals surface area contributed by atoms with Gasteiger partial charge in [-0.3, -0.25) is 14.7 Å². The van der Waals surface area contributed by atoms with Gasteiger partial charge in [0.05, 0.1) is 23.8 Å². The Hall–Kier alpha value is -4.04. The van der Waals surface area contributed by atoms with Gasteiger partial charge >= 0.3 is 0 Å². The summed E-state index contributed by atoms with van der Waals surface area (Å²) in [7, 11) is 0. The summed E-state index contributed by atoms with van der Waals surface area (Å²) in [4.78, 5) is 27.1. The Morgan fingerprint density at radius 1 is 0.944 bits per heavy atom. The second kappa shape index (κ2) is 10.3. The van der Waals surface area contributed by atoms with E-state index >= 15 is 0 Å². The summed E-state index contributed by atoms with van der Waals surface area (Å²) in [6, 6.07) is 18.7. The Balaban J connectivity index is 1.53. The van der Waals surface area contributed by atoms with E-state index in [4.69, 9.17) is 0 Å². The molecular formula is C28H28FN5O2. The van der Waals surface area contributed by atoms with Crippen molar-refractivity contribution in [1.82, 2.24) is 19.4 Å². The van der Waals surface area contributed by atoms with Gasteiger partial charge in [0.15, 0.2) is 0 Å². The molecule has 1 aliphatic heterocycles. The van der Waals surface area contributed by atoms with Crippen molar-refractivity contribution in [2.24, 2.45) is 0 Å². The summed E-state index contributed by atoms with van der Waals surface area (Å²) in [5.41, 5.74) is 2.16. The highest BCUT2D eigenvalue weighted by Crippen LogP contribution is 2.34. The van der Waals surface area contributed by atoms with Crippen LogP contribution in [-0.4, -0.2) is 50.7 Å². The van der Waals surface area contributed by atoms with Crippen LogP contribution in [0.4, 0.5) is 10.2 Å². The molecule has 184 valence electrons. The van der Waals surface area contributed by atoms with E-state index in [9.17, 15) is 14.3 Å². The van der Waals surface area contributed by atoms with E-state index < -0.39 is 6.04 Å². The Kier molecular flexibility index (Phi) is 6.77. The van der Waals surface area contributed by atoms with Crippen molar-refractivity contribution < 1.29 is 9.50 Å². The SMILES string of the molecule is Cc1cc(O)c(C(c2ccc(F)cc2)N2CCN(c3ccccn3)CC2)c(=O)n1Cc1ccccn1. The normalized spacial score (nSPS) is 15.1. The average Bonchev–Trinajstić information content (AvgIpc) is 2.91. The van der Waals surface area contributed by atoms with Gasteiger partial charge in [-0.1, -0.05) is 24.3 Å². The number of nitrogens with zero attached hydrogens (tertiary/aromatic N) is 5. The van der Waals surface area contributed by atoms with E-state index in [1.807, 2.05) is 36.4 Å². The molecule has 1 atom stereocenters. The molecule has 0 spiro atoms. The molecule has 1 N–H and O–H groups in total. The molecule has 1 aliphatic rings. The Morgan fingerprint density at radius 2 is 1.64 bits per heavy atom. The molecule has 7 nitrogen and oxygen atoms in total. The monoisotopic (exact) mass is 485 g/mol. The standard InChI is InChI=1S/C28H28FN5O2/c1-20-18-24(35)26(28(36)34(20)19-23-6-2-4-12-30-23)27(21-8-10-22(29)11-9-21)33-16-14-32(15-17-33)25-7-3-5-13-31-25/h2-13,18,27,35H,14-17,19H2,1H3. The first-order chi connectivity index (χ1) is 17.5. The maximum Gasteiger partial charge on any atom is 0.260 e. The fourth-order valence-corrected chi connectivity index (χ4v) is 4.83. The first kappa shape index (κ1) is 23.7. The minimum atomic E-state index is -0.528. The maximum atomic E-state index is 13.9. The fraction of sp³-hybridized carbons (Fsp3) is 0.250. The molecule has 36 heavy (non-hydrogen) atoms. The van der Waals surface area contributed by atoms with Crippen LogP contribution >= 0.6 is 0 Å². The molecule has 4 aromatic rings. The molecule has 1 fully saturated rings. The summed E-state index contributed by atoms with van der Waals surface area (Å²) >= 11 is 0. The van der Waals surface area contributed by atoms with Crippen molar-refractivity contribution in [3.8, 4) is 5.75 Å². The minimum absolute atomic E-state index is 0.0590. The highest BCUT2D eigenvalue weighted by Gasteiger charge is 2.31. The zero-order valence-electron chi connectivity index (χ0n) is 20.1. The molecule has 3 aromatic heterocycles. The molecule has 4 heterocycles. The molecule has 5 rings (SSSR count). The molecule has 0 radical (unpaired) electrons. The average molecular weight is 486 g/mol. The van der Waals surface area contributed by atoms with Crippen LogP contribution in [-0.2, 0) is 6.54 Å². The molecule has 1 aromatic carbocycles. The van der Waals surface area contributed by atoms with Crippen LogP contribution in [0.15, 0.2) is 83.9 Å². The van der Waals surface area contributed by atoms with Gasteiger partial charge in [-0.25, -0.2) is 9.37 Å². The number of hydrogen-bond donors (Lipinski definition) is 1. The van der Waals surface area contributed by atoms with E-state index in [2.05, 4.69) is 19.8 Å². The summed E-state index contributed by atoms with van der Waals surface area (Å²) in [5.74, 6) is 0.501. The number of anilines is 1. The number of aryl methyl sites for hydroxylation is 1. The van der Waals surface area contributed by atoms with E-state index in [0.717, 1.165) is 17.1 Å². The summed E-state index contributed by atoms with van der Waals surface area (Å²) in [6.45, 7) is 4.80. The highest BCUT2D eigenvalue weighted by molar-refractivity contribution is 5.42. The number of rotatable bonds is 6. The van der Waals surface area contributed by atoms with Crippen molar-refractivity contribution in [2.75, 3.05) is 31.1 Å². The molecule has 1 saturated heterocycles. The van der Waals surface area contributed by atoms with Crippen molar-refractivity contribution in [2.45, 2.75) is 19.5 Å². The molecule has 8 heteroatoms. The minimum Gasteiger partial charge on any atom is -0.507 e. The molecule has 0 saturated carbocycles. The van der Waals surface area contributed by atoms with E-state index in [0.29, 0.717) is 38.4 Å². The van der Waals surface area contributed by atoms with Crippen LogP contribution in [0.1, 0.15) is 28.6 Å². The van der Waals surface area contributed by atoms with Crippen molar-refractivity contribution in [3.63, 3.8) is 0 Å². The first-order valence-corrected chi connectivity index (χ1v) is 12.0. The number of aromatic nitrogens is 3. The summed E-state index contributed by atoms with van der Waals surface area (Å²) in [5, 5.41) is 11.1. The highest BCUT2D eigenvalue weighted by atomic mass is 19.1. The Morgan fingerprint density at radius 3 is 2.28 bits per heavy atom. The van der Waals surface area contributed by atoms with Gasteiger partial charge < -0.3 is 14.6 Å². The number of aromatic hydroxyl groups is 1. The van der Waals surface area contributed by atoms with Gasteiger partial charge in [-0.15, -0.1) is 0 Å². The number of piperazine rings is 1. The zero-order valence-corrected chi connectivity index (χ0v) is 20.1. The fourth-order valence-electron chi connectivity index (χ4n) is 4.83. The van der Waals surface area contributed by atoms with Crippen LogP contribution in [0.5, 0.6) is 5.75 Å². The Bertz CT molecular complexity index is 1370. The van der Waals surface area contributed by atoms with Crippen LogP contribution in [0.2, 0.25) is 0 Å². The van der Waals surface area contributed by atoms with Crippen LogP contribution in [0.25, 0.3) is 0 Å². The largest absolute Gasteiger partial charge is 0.507 e. The predicted octanol–water partition coefficient (Wildman–Crippen LogP) is 3.75. The third kappa shape index (κ3) is 4.85. The van der Waals surface area contributed by atoms with Crippen LogP contribution in [0.3, 0.4) is 0 Å². The van der Waals surface area contributed by atoms with Crippen molar-refractivity contribution >= 4 is 5.82 Å². The summed E-state index contributed by atoms with van der Waals surface area (Å²) in [6.07, 6.45) is 3.47. The molecule has 1 unspecified atom stereocenters. The molecule has 0 aliphatic carbocycles. The Labute approximate surface area is 209 Å². The summed E-state index contributed by atoms with van der Waals surface area (Å²) < 4.78 is 15.4. The molecule has 0 amide bonds. The number of benzene rings is 1. The van der Waals surface area contributed by atoms with E-state index in [1.165, 1.54) is 12.1 Å². The predicted molar refractivity (Wildman–Crippen MR) is 137 cm³/mol. The van der Waals surface area contributed by atoms with E-state index in [-0.39, 0.29) is 22.7 Å². The van der Waals surface area contributed by atoms with E-state index in [1.54, 1.807) is 42.1 Å². The first-order valence-electron chi connectivity index (χ1n) is 12.0. The second-order valence-corrected chi connectivity index (χ2v) is 8.96. The number of halogens is 1. The topological polar surface area (TPSA) is 74.5 Å². The van der Waals surface area contributed by atoms with Gasteiger partial charge in [0.25, 0.3) is 5.56 Å². The van der Waals surface area contributed by atoms with Gasteiger partial charge in [0.2, 0.25) is 0 Å². The van der Waals surface area contributed by atoms with Crippen molar-refractivity contribution in [3.05, 3.63) is 118 Å². The third-order valence-corrected chi connectivity index (χ3v) is 6.68. The van der Waals surface area contributed by atoms with Gasteiger partial charge in [0, 0.05) is 44.3 Å². The van der Waals surface area contributed by atoms with Crippen molar-refractivity contribution in [1.29, 1.82) is 0 Å². The number of pyridine rings is 3. The number of hydrogen-bond acceptors (Lipinski definition) is 6. The molecule has 0 bridgehead atoms. The third-order valence-electron chi connectivity index (χ3n) is 6.68. The lowest BCUT2D eigenvalue weighted by Crippen LogP contribution is -2.49. The lowest BCUT2D eigenvalue weighted by atomic mass is 9.96. The quantitative estimate of drug-likeness (QED) is 0.448. The van der Waals surface area contributed by atoms with Gasteiger partial charge in [-0.2, -0.15) is 0 Å². The van der Waals surface area contributed by atoms with Crippen LogP contribution in [0, 0.1) is 12.7 Å². The van der Waals surface area contributed by atoms with Crippen LogP contribution < -0.4 is 10.5 Å². The lowest BCUT2D eigenvalue weighted by Gasteiger charge is -2.40. The smallest absolute Gasteiger partial charge is 0.260 e. The lowest BCUT2D eigenvalue weighted by molar-refractivity contribution is 0.207. The second-order valence-electron chi connectivity index (χ2n) is 8.96. The van der Waals surface area contributed by atoms with Gasteiger partial charge in [-0.05, 0) is 55.0 Å². The van der Waals surface area contributed by atoms with Gasteiger partial charge in [0.1, 0.15) is 17.4 Å². The maximum absolute atomic E-state index is 13.9. The molecular weight excluding hydrogens is 457 g/mol. The zero-order chi connectivity index (χ0) is 25.1.